The fourth-order valence-corrected chi connectivity index (χ4v) is 3.02. The number of amides is 1. The van der Waals surface area contributed by atoms with Gasteiger partial charge in [-0.2, -0.15) is 0 Å². The Bertz CT molecular complexity index is 857. The maximum Gasteiger partial charge on any atom is 0.414 e. The number of methoxy groups -OCH3 is 1. The van der Waals surface area contributed by atoms with E-state index in [4.69, 9.17) is 14.2 Å². The highest BCUT2D eigenvalue weighted by Gasteiger charge is 2.34. The minimum Gasteiger partial charge on any atom is -0.490 e. The van der Waals surface area contributed by atoms with Gasteiger partial charge in [0.05, 0.1) is 12.8 Å². The summed E-state index contributed by atoms with van der Waals surface area (Å²) in [7, 11) is 1.33. The first-order valence-corrected chi connectivity index (χ1v) is 9.19. The highest BCUT2D eigenvalue weighted by molar-refractivity contribution is 5.92. The van der Waals surface area contributed by atoms with Crippen LogP contribution in [0.2, 0.25) is 0 Å². The molecule has 0 aliphatic carbocycles. The van der Waals surface area contributed by atoms with E-state index in [1.165, 1.54) is 12.0 Å². The average molecular weight is 383 g/mol. The summed E-state index contributed by atoms with van der Waals surface area (Å²) in [6.45, 7) is 5.65. The molecule has 0 aromatic heterocycles. The van der Waals surface area contributed by atoms with E-state index in [0.717, 1.165) is 11.1 Å². The van der Waals surface area contributed by atoms with Crippen LogP contribution in [0, 0.1) is 5.92 Å². The number of esters is 1. The standard InChI is InChI=1S/C22H25NO5/c1-22(2,3)28-21(25)23-13-17(20(24)26-4)14-27-19-12-16(10-11-18(19)23)15-8-6-5-7-9-15/h5-12,17H,13-14H2,1-4H3. The molecule has 1 aliphatic rings. The number of benzene rings is 2. The Hall–Kier alpha value is -3.02. The van der Waals surface area contributed by atoms with E-state index >= 15 is 0 Å². The molecule has 3 rings (SSSR count). The minimum atomic E-state index is -0.658. The SMILES string of the molecule is COC(=O)C1COc2cc(-c3ccccc3)ccc2N(C(=O)OC(C)(C)C)C1. The third-order valence-electron chi connectivity index (χ3n) is 4.35. The molecule has 0 radical (unpaired) electrons. The van der Waals surface area contributed by atoms with Crippen molar-refractivity contribution in [3.05, 3.63) is 48.5 Å². The van der Waals surface area contributed by atoms with Gasteiger partial charge in [0.25, 0.3) is 0 Å². The van der Waals surface area contributed by atoms with Gasteiger partial charge in [-0.15, -0.1) is 0 Å². The molecule has 0 saturated carbocycles. The number of fused-ring (bicyclic) bond motifs is 1. The highest BCUT2D eigenvalue weighted by atomic mass is 16.6. The van der Waals surface area contributed by atoms with Crippen LogP contribution in [0.4, 0.5) is 10.5 Å². The normalized spacial score (nSPS) is 16.4. The smallest absolute Gasteiger partial charge is 0.414 e. The lowest BCUT2D eigenvalue weighted by molar-refractivity contribution is -0.145. The zero-order chi connectivity index (χ0) is 20.3. The van der Waals surface area contributed by atoms with Crippen molar-refractivity contribution in [2.75, 3.05) is 25.2 Å². The number of hydrogen-bond acceptors (Lipinski definition) is 5. The van der Waals surface area contributed by atoms with E-state index in [2.05, 4.69) is 0 Å². The zero-order valence-corrected chi connectivity index (χ0v) is 16.6. The maximum absolute atomic E-state index is 12.8. The Morgan fingerprint density at radius 1 is 1.07 bits per heavy atom. The lowest BCUT2D eigenvalue weighted by Crippen LogP contribution is -2.41. The molecule has 2 aromatic carbocycles. The Morgan fingerprint density at radius 2 is 1.79 bits per heavy atom. The van der Waals surface area contributed by atoms with Gasteiger partial charge in [0, 0.05) is 6.54 Å². The van der Waals surface area contributed by atoms with Crippen molar-refractivity contribution in [3.63, 3.8) is 0 Å². The second kappa shape index (κ2) is 7.92. The average Bonchev–Trinajstić information content (AvgIpc) is 2.86. The van der Waals surface area contributed by atoms with Gasteiger partial charge in [-0.3, -0.25) is 9.69 Å². The Balaban J connectivity index is 1.99. The molecule has 1 atom stereocenters. The molecule has 6 nitrogen and oxygen atoms in total. The van der Waals surface area contributed by atoms with E-state index in [1.807, 2.05) is 48.5 Å². The molecule has 2 aromatic rings. The van der Waals surface area contributed by atoms with Gasteiger partial charge in [0.2, 0.25) is 0 Å². The van der Waals surface area contributed by atoms with Crippen molar-refractivity contribution in [1.29, 1.82) is 0 Å². The summed E-state index contributed by atoms with van der Waals surface area (Å²) in [6, 6.07) is 15.5. The zero-order valence-electron chi connectivity index (χ0n) is 16.6. The Morgan fingerprint density at radius 3 is 2.43 bits per heavy atom. The number of carbonyl (C=O) groups excluding carboxylic acids is 2. The molecular formula is C22H25NO5. The van der Waals surface area contributed by atoms with Gasteiger partial charge in [-0.1, -0.05) is 36.4 Å². The van der Waals surface area contributed by atoms with E-state index in [9.17, 15) is 9.59 Å². The van der Waals surface area contributed by atoms with E-state index in [-0.39, 0.29) is 13.2 Å². The molecule has 6 heteroatoms. The van der Waals surface area contributed by atoms with E-state index < -0.39 is 23.6 Å². The molecule has 0 N–H and O–H groups in total. The monoisotopic (exact) mass is 383 g/mol. The summed E-state index contributed by atoms with van der Waals surface area (Å²) >= 11 is 0. The number of hydrogen-bond donors (Lipinski definition) is 0. The highest BCUT2D eigenvalue weighted by Crippen LogP contribution is 2.37. The van der Waals surface area contributed by atoms with Crippen LogP contribution < -0.4 is 9.64 Å². The van der Waals surface area contributed by atoms with Crippen LogP contribution in [0.15, 0.2) is 48.5 Å². The molecule has 1 aliphatic heterocycles. The van der Waals surface area contributed by atoms with Gasteiger partial charge in [-0.05, 0) is 44.0 Å². The molecule has 28 heavy (non-hydrogen) atoms. The van der Waals surface area contributed by atoms with Crippen LogP contribution in [0.5, 0.6) is 5.75 Å². The fourth-order valence-electron chi connectivity index (χ4n) is 3.02. The predicted octanol–water partition coefficient (Wildman–Crippen LogP) is 4.28. The number of nitrogens with zero attached hydrogens (tertiary/aromatic N) is 1. The first kappa shape index (κ1) is 19.7. The van der Waals surface area contributed by atoms with Crippen LogP contribution in [0.3, 0.4) is 0 Å². The summed E-state index contributed by atoms with van der Waals surface area (Å²) in [6.07, 6.45) is -0.527. The van der Waals surface area contributed by atoms with Gasteiger partial charge >= 0.3 is 12.1 Å². The summed E-state index contributed by atoms with van der Waals surface area (Å²) in [5.74, 6) is -0.506. The second-order valence-corrected chi connectivity index (χ2v) is 7.67. The van der Waals surface area contributed by atoms with Crippen molar-refractivity contribution in [3.8, 4) is 16.9 Å². The van der Waals surface area contributed by atoms with Crippen molar-refractivity contribution in [2.24, 2.45) is 5.92 Å². The third kappa shape index (κ3) is 4.44. The lowest BCUT2D eigenvalue weighted by atomic mass is 10.0. The molecule has 0 saturated heterocycles. The van der Waals surface area contributed by atoms with Crippen LogP contribution in [-0.2, 0) is 14.3 Å². The van der Waals surface area contributed by atoms with Gasteiger partial charge in [0.1, 0.15) is 23.9 Å². The summed E-state index contributed by atoms with van der Waals surface area (Å²) in [5, 5.41) is 0. The van der Waals surface area contributed by atoms with Gasteiger partial charge in [0.15, 0.2) is 0 Å². The Labute approximate surface area is 165 Å². The topological polar surface area (TPSA) is 65.1 Å². The molecule has 1 unspecified atom stereocenters. The number of rotatable bonds is 2. The van der Waals surface area contributed by atoms with E-state index in [0.29, 0.717) is 11.4 Å². The maximum atomic E-state index is 12.8. The number of carbonyl (C=O) groups is 2. The molecule has 1 amide bonds. The van der Waals surface area contributed by atoms with Crippen molar-refractivity contribution in [1.82, 2.24) is 0 Å². The van der Waals surface area contributed by atoms with Gasteiger partial charge < -0.3 is 14.2 Å². The molecule has 0 bridgehead atoms. The van der Waals surface area contributed by atoms with Crippen molar-refractivity contribution < 1.29 is 23.8 Å². The summed E-state index contributed by atoms with van der Waals surface area (Å²) < 4.78 is 16.3. The fraction of sp³-hybridized carbons (Fsp3) is 0.364. The predicted molar refractivity (Wildman–Crippen MR) is 106 cm³/mol. The first-order valence-electron chi connectivity index (χ1n) is 9.19. The van der Waals surface area contributed by atoms with Crippen LogP contribution in [0.1, 0.15) is 20.8 Å². The molecular weight excluding hydrogens is 358 g/mol. The van der Waals surface area contributed by atoms with Gasteiger partial charge in [-0.25, -0.2) is 4.79 Å². The quantitative estimate of drug-likeness (QED) is 0.725. The molecule has 1 heterocycles. The summed E-state index contributed by atoms with van der Waals surface area (Å²) in [5.41, 5.74) is 1.90. The van der Waals surface area contributed by atoms with Crippen LogP contribution in [-0.4, -0.2) is 37.9 Å². The number of anilines is 1. The second-order valence-electron chi connectivity index (χ2n) is 7.67. The van der Waals surface area contributed by atoms with Crippen LogP contribution in [0.25, 0.3) is 11.1 Å². The molecule has 0 fully saturated rings. The van der Waals surface area contributed by atoms with Crippen molar-refractivity contribution in [2.45, 2.75) is 26.4 Å². The largest absolute Gasteiger partial charge is 0.490 e. The lowest BCUT2D eigenvalue weighted by Gasteiger charge is -2.28. The van der Waals surface area contributed by atoms with Crippen molar-refractivity contribution >= 4 is 17.7 Å². The van der Waals surface area contributed by atoms with E-state index in [1.54, 1.807) is 20.8 Å². The first-order chi connectivity index (χ1) is 13.3. The minimum absolute atomic E-state index is 0.122. The summed E-state index contributed by atoms with van der Waals surface area (Å²) in [4.78, 5) is 26.4. The molecule has 0 spiro atoms. The number of ether oxygens (including phenoxy) is 3. The van der Waals surface area contributed by atoms with Crippen LogP contribution >= 0.6 is 0 Å². The Kier molecular flexibility index (Phi) is 5.58. The molecule has 148 valence electrons. The third-order valence-corrected chi connectivity index (χ3v) is 4.35.